The zero-order chi connectivity index (χ0) is 19.1. The van der Waals surface area contributed by atoms with E-state index in [4.69, 9.17) is 0 Å². The Hall–Kier alpha value is -2.38. The van der Waals surface area contributed by atoms with Crippen molar-refractivity contribution in [3.8, 4) is 0 Å². The Morgan fingerprint density at radius 2 is 1.48 bits per heavy atom. The van der Waals surface area contributed by atoms with Crippen LogP contribution in [0, 0.1) is 0 Å². The van der Waals surface area contributed by atoms with Crippen LogP contribution in [0.1, 0.15) is 24.1 Å². The van der Waals surface area contributed by atoms with Gasteiger partial charge in [-0.25, -0.2) is 0 Å². The van der Waals surface area contributed by atoms with Crippen LogP contribution in [0.25, 0.3) is 0 Å². The second kappa shape index (κ2) is 8.64. The molecule has 136 valence electrons. The number of methoxy groups -OCH3 is 1. The van der Waals surface area contributed by atoms with Crippen molar-refractivity contribution < 1.29 is 33.5 Å². The molecule has 0 aromatic heterocycles. The zero-order valence-electron chi connectivity index (χ0n) is 13.9. The molecule has 0 fully saturated rings. The van der Waals surface area contributed by atoms with Gasteiger partial charge in [-0.3, -0.25) is 0 Å². The molecular formula is C18H20F3NO3. The number of halogens is 3. The molecule has 25 heavy (non-hydrogen) atoms. The van der Waals surface area contributed by atoms with E-state index in [0.29, 0.717) is 13.2 Å². The Labute approximate surface area is 144 Å². The molecule has 0 amide bonds. The smallest absolute Gasteiger partial charge is 0.427 e. The molecule has 0 spiro atoms. The molecule has 0 aliphatic rings. The topological polar surface area (TPSA) is 77.0 Å². The third-order valence-electron chi connectivity index (χ3n) is 3.54. The highest BCUT2D eigenvalue weighted by Gasteiger charge is 2.58. The first-order valence-corrected chi connectivity index (χ1v) is 7.43. The second-order valence-electron chi connectivity index (χ2n) is 5.35. The molecule has 0 unspecified atom stereocenters. The number of carbonyl (C=O) groups excluding carboxylic acids is 1. The lowest BCUT2D eigenvalue weighted by Crippen LogP contribution is -2.56. The van der Waals surface area contributed by atoms with Gasteiger partial charge in [0.25, 0.3) is 0 Å². The van der Waals surface area contributed by atoms with Crippen LogP contribution >= 0.6 is 0 Å². The maximum absolute atomic E-state index is 12.8. The number of carboxylic acid groups (broad SMARTS) is 1. The Kier molecular flexibility index (Phi) is 7.14. The lowest BCUT2D eigenvalue weighted by atomic mass is 9.93. The summed E-state index contributed by atoms with van der Waals surface area (Å²) in [5, 5.41) is 10.7. The van der Waals surface area contributed by atoms with Crippen LogP contribution in [-0.2, 0) is 15.1 Å². The van der Waals surface area contributed by atoms with Gasteiger partial charge in [-0.2, -0.15) is 13.2 Å². The van der Waals surface area contributed by atoms with E-state index in [-0.39, 0.29) is 0 Å². The van der Waals surface area contributed by atoms with Gasteiger partial charge in [0, 0.05) is 12.7 Å². The molecular weight excluding hydrogens is 335 g/mol. The number of hydrogen-bond acceptors (Lipinski definition) is 3. The van der Waals surface area contributed by atoms with Gasteiger partial charge in [-0.05, 0) is 12.5 Å². The Morgan fingerprint density at radius 3 is 1.76 bits per heavy atom. The molecule has 2 atom stereocenters. The van der Waals surface area contributed by atoms with Crippen LogP contribution in [0.4, 0.5) is 13.2 Å². The fourth-order valence-electron chi connectivity index (χ4n) is 2.17. The van der Waals surface area contributed by atoms with Crippen molar-refractivity contribution in [1.82, 2.24) is 0 Å². The fourth-order valence-corrected chi connectivity index (χ4v) is 2.17. The zero-order valence-corrected chi connectivity index (χ0v) is 13.9. The van der Waals surface area contributed by atoms with Crippen molar-refractivity contribution in [2.24, 2.45) is 0 Å². The van der Waals surface area contributed by atoms with Crippen LogP contribution in [0.5, 0.6) is 0 Å². The maximum atomic E-state index is 12.8. The minimum Gasteiger partial charge on any atom is -0.546 e. The molecule has 0 heterocycles. The maximum Gasteiger partial charge on any atom is 0.427 e. The van der Waals surface area contributed by atoms with E-state index in [1.54, 1.807) is 0 Å². The summed E-state index contributed by atoms with van der Waals surface area (Å²) in [5.74, 6) is -2.34. The number of alkyl halides is 3. The number of quaternary nitrogens is 1. The number of ether oxygens (including phenoxy) is 1. The van der Waals surface area contributed by atoms with Gasteiger partial charge in [0.05, 0.1) is 5.97 Å². The lowest BCUT2D eigenvalue weighted by molar-refractivity contribution is -0.420. The molecule has 0 aliphatic heterocycles. The molecule has 4 nitrogen and oxygen atoms in total. The first-order valence-electron chi connectivity index (χ1n) is 7.43. The van der Waals surface area contributed by atoms with E-state index in [0.717, 1.165) is 12.1 Å². The first kappa shape index (κ1) is 20.7. The summed E-state index contributed by atoms with van der Waals surface area (Å²) in [5.41, 5.74) is 1.27. The van der Waals surface area contributed by atoms with Gasteiger partial charge >= 0.3 is 6.18 Å². The first-order chi connectivity index (χ1) is 11.7. The molecule has 2 rings (SSSR count). The fraction of sp³-hybridized carbons (Fsp3) is 0.278. The quantitative estimate of drug-likeness (QED) is 0.909. The standard InChI is InChI=1S/C10H9F3O3.C8H11N/c1-16-9(8(14)15,10(11,12)13)7-5-3-2-4-6-7;1-7(9)8-5-3-2-4-6-8/h2-6H,1H3,(H,14,15);2-7H,9H2,1H3/t9-;7-/m11/s1. The molecule has 7 heteroatoms. The highest BCUT2D eigenvalue weighted by atomic mass is 19.4. The Bertz CT molecular complexity index is 660. The summed E-state index contributed by atoms with van der Waals surface area (Å²) in [6.45, 7) is 2.09. The number of rotatable bonds is 4. The number of carbonyl (C=O) groups is 1. The SMILES string of the molecule is CO[C@@](C(=O)[O-])(c1ccccc1)C(F)(F)F.C[C@@H]([NH3+])c1ccccc1. The number of aliphatic carboxylic acids is 1. The van der Waals surface area contributed by atoms with Gasteiger partial charge in [0.15, 0.2) is 0 Å². The van der Waals surface area contributed by atoms with E-state index < -0.39 is 23.3 Å². The van der Waals surface area contributed by atoms with E-state index in [1.807, 2.05) is 18.2 Å². The summed E-state index contributed by atoms with van der Waals surface area (Å²) in [4.78, 5) is 10.7. The molecule has 3 N–H and O–H groups in total. The van der Waals surface area contributed by atoms with Crippen LogP contribution < -0.4 is 10.8 Å². The van der Waals surface area contributed by atoms with Crippen LogP contribution in [0.15, 0.2) is 60.7 Å². The summed E-state index contributed by atoms with van der Waals surface area (Å²) >= 11 is 0. The van der Waals surface area contributed by atoms with Gasteiger partial charge in [-0.15, -0.1) is 0 Å². The summed E-state index contributed by atoms with van der Waals surface area (Å²) < 4.78 is 42.5. The molecule has 2 aromatic rings. The van der Waals surface area contributed by atoms with Crippen molar-refractivity contribution in [3.63, 3.8) is 0 Å². The molecule has 0 saturated heterocycles. The minimum atomic E-state index is -5.10. The van der Waals surface area contributed by atoms with E-state index >= 15 is 0 Å². The number of hydrogen-bond donors (Lipinski definition) is 1. The summed E-state index contributed by atoms with van der Waals surface area (Å²) in [7, 11) is 0.677. The lowest BCUT2D eigenvalue weighted by Gasteiger charge is -2.35. The third kappa shape index (κ3) is 4.80. The Balaban J connectivity index is 0.000000293. The van der Waals surface area contributed by atoms with Crippen molar-refractivity contribution in [3.05, 3.63) is 71.8 Å². The van der Waals surface area contributed by atoms with E-state index in [9.17, 15) is 23.1 Å². The van der Waals surface area contributed by atoms with Gasteiger partial charge in [-0.1, -0.05) is 60.7 Å². The van der Waals surface area contributed by atoms with Gasteiger partial charge in [0.2, 0.25) is 5.60 Å². The third-order valence-corrected chi connectivity index (χ3v) is 3.54. The van der Waals surface area contributed by atoms with Crippen molar-refractivity contribution >= 4 is 5.97 Å². The second-order valence-corrected chi connectivity index (χ2v) is 5.35. The number of benzene rings is 2. The number of carboxylic acids is 1. The van der Waals surface area contributed by atoms with Crippen molar-refractivity contribution in [1.29, 1.82) is 0 Å². The van der Waals surface area contributed by atoms with Crippen LogP contribution in [0.2, 0.25) is 0 Å². The molecule has 0 aliphatic carbocycles. The largest absolute Gasteiger partial charge is 0.546 e. The highest BCUT2D eigenvalue weighted by molar-refractivity contribution is 5.78. The summed E-state index contributed by atoms with van der Waals surface area (Å²) in [6.07, 6.45) is -5.10. The normalized spacial score (nSPS) is 14.6. The monoisotopic (exact) mass is 355 g/mol. The average Bonchev–Trinajstić information content (AvgIpc) is 2.57. The van der Waals surface area contributed by atoms with Gasteiger partial charge in [0.1, 0.15) is 6.04 Å². The summed E-state index contributed by atoms with van der Waals surface area (Å²) in [6, 6.07) is 16.8. The van der Waals surface area contributed by atoms with Crippen LogP contribution in [0.3, 0.4) is 0 Å². The van der Waals surface area contributed by atoms with Crippen LogP contribution in [-0.4, -0.2) is 19.3 Å². The molecule has 0 bridgehead atoms. The average molecular weight is 355 g/mol. The van der Waals surface area contributed by atoms with Gasteiger partial charge < -0.3 is 20.4 Å². The molecule has 0 radical (unpaired) electrons. The minimum absolute atomic E-state index is 0.409. The van der Waals surface area contributed by atoms with E-state index in [2.05, 4.69) is 29.5 Å². The highest BCUT2D eigenvalue weighted by Crippen LogP contribution is 2.41. The predicted octanol–water partition coefficient (Wildman–Crippen LogP) is 1.83. The Morgan fingerprint density at radius 1 is 1.04 bits per heavy atom. The molecule has 0 saturated carbocycles. The van der Waals surface area contributed by atoms with Crippen molar-refractivity contribution in [2.75, 3.05) is 7.11 Å². The predicted molar refractivity (Wildman–Crippen MR) is 83.9 cm³/mol. The van der Waals surface area contributed by atoms with E-state index in [1.165, 1.54) is 23.8 Å². The molecule has 2 aromatic carbocycles. The van der Waals surface area contributed by atoms with Crippen molar-refractivity contribution in [2.45, 2.75) is 24.7 Å².